The average molecular weight is 500 g/mol. The number of ether oxygens (including phenoxy) is 1. The summed E-state index contributed by atoms with van der Waals surface area (Å²) in [4.78, 5) is 49.9. The van der Waals surface area contributed by atoms with Gasteiger partial charge in [-0.15, -0.1) is 11.3 Å². The number of aromatic nitrogens is 4. The normalized spacial score (nSPS) is 12.7. The fourth-order valence-electron chi connectivity index (χ4n) is 3.78. The number of carbonyl (C=O) groups excluding carboxylic acids is 2. The highest BCUT2D eigenvalue weighted by atomic mass is 32.2. The van der Waals surface area contributed by atoms with Gasteiger partial charge in [0.2, 0.25) is 5.91 Å². The number of carbonyl (C=O) groups is 2. The molecule has 1 aliphatic rings. The van der Waals surface area contributed by atoms with E-state index in [0.717, 1.165) is 42.6 Å². The molecule has 0 aromatic carbocycles. The Balaban J connectivity index is 1.42. The number of nitrogens with one attached hydrogen (secondary N) is 1. The van der Waals surface area contributed by atoms with Crippen LogP contribution in [0.4, 0.5) is 5.13 Å². The molecule has 0 saturated heterocycles. The van der Waals surface area contributed by atoms with E-state index in [-0.39, 0.29) is 29.7 Å². The maximum absolute atomic E-state index is 12.9. The second-order valence-corrected chi connectivity index (χ2v) is 9.52. The zero-order chi connectivity index (χ0) is 23.9. The van der Waals surface area contributed by atoms with Crippen LogP contribution in [0, 0.1) is 0 Å². The van der Waals surface area contributed by atoms with E-state index in [1.807, 2.05) is 18.2 Å². The largest absolute Gasteiger partial charge is 0.466 e. The zero-order valence-corrected chi connectivity index (χ0v) is 20.4. The molecule has 0 atom stereocenters. The second-order valence-electron chi connectivity index (χ2n) is 7.70. The van der Waals surface area contributed by atoms with E-state index in [9.17, 15) is 14.4 Å². The predicted octanol–water partition coefficient (Wildman–Crippen LogP) is 2.86. The number of amides is 1. The minimum absolute atomic E-state index is 0.0693. The van der Waals surface area contributed by atoms with Crippen LogP contribution in [0.2, 0.25) is 0 Å². The lowest BCUT2D eigenvalue weighted by atomic mass is 9.97. The molecule has 1 aliphatic carbocycles. The van der Waals surface area contributed by atoms with Gasteiger partial charge in [-0.2, -0.15) is 4.98 Å². The summed E-state index contributed by atoms with van der Waals surface area (Å²) < 4.78 is 6.63. The first-order valence-corrected chi connectivity index (χ1v) is 12.9. The first-order chi connectivity index (χ1) is 16.5. The third-order valence-electron chi connectivity index (χ3n) is 5.27. The SMILES string of the molecule is CCOC(=O)Cc1csc(NC(=O)CSc2nc(=O)n(Cc3ccccn3)c3c2CCCC3)n1. The predicted molar refractivity (Wildman–Crippen MR) is 130 cm³/mol. The zero-order valence-electron chi connectivity index (χ0n) is 18.8. The smallest absolute Gasteiger partial charge is 0.349 e. The van der Waals surface area contributed by atoms with Gasteiger partial charge < -0.3 is 10.1 Å². The summed E-state index contributed by atoms with van der Waals surface area (Å²) in [6.07, 6.45) is 5.46. The average Bonchev–Trinajstić information content (AvgIpc) is 3.27. The Kier molecular flexibility index (Phi) is 8.07. The molecule has 11 heteroatoms. The summed E-state index contributed by atoms with van der Waals surface area (Å²) in [5.41, 5.74) is 3.08. The molecule has 0 fully saturated rings. The van der Waals surface area contributed by atoms with Gasteiger partial charge in [0.1, 0.15) is 5.03 Å². The third kappa shape index (κ3) is 6.09. The summed E-state index contributed by atoms with van der Waals surface area (Å²) in [5.74, 6) is -0.489. The summed E-state index contributed by atoms with van der Waals surface area (Å²) in [6, 6.07) is 5.64. The van der Waals surface area contributed by atoms with E-state index >= 15 is 0 Å². The summed E-state index contributed by atoms with van der Waals surface area (Å²) >= 11 is 2.52. The maximum atomic E-state index is 12.9. The van der Waals surface area contributed by atoms with Crippen molar-refractivity contribution in [3.63, 3.8) is 0 Å². The van der Waals surface area contributed by atoms with Crippen molar-refractivity contribution in [3.8, 4) is 0 Å². The van der Waals surface area contributed by atoms with E-state index in [0.29, 0.717) is 29.0 Å². The molecule has 34 heavy (non-hydrogen) atoms. The molecule has 3 aromatic rings. The topological polar surface area (TPSA) is 116 Å². The van der Waals surface area contributed by atoms with Crippen molar-refractivity contribution >= 4 is 40.1 Å². The molecule has 3 heterocycles. The van der Waals surface area contributed by atoms with Gasteiger partial charge >= 0.3 is 11.7 Å². The number of thioether (sulfide) groups is 1. The number of thiazole rings is 1. The van der Waals surface area contributed by atoms with Gasteiger partial charge in [-0.3, -0.25) is 19.1 Å². The van der Waals surface area contributed by atoms with Gasteiger partial charge in [-0.1, -0.05) is 17.8 Å². The number of esters is 1. The number of fused-ring (bicyclic) bond motifs is 1. The third-order valence-corrected chi connectivity index (χ3v) is 7.09. The Labute approximate surface area is 205 Å². The number of nitrogens with zero attached hydrogens (tertiary/aromatic N) is 4. The van der Waals surface area contributed by atoms with E-state index in [2.05, 4.69) is 20.3 Å². The Morgan fingerprint density at radius 3 is 2.85 bits per heavy atom. The molecule has 4 rings (SSSR count). The van der Waals surface area contributed by atoms with Crippen LogP contribution >= 0.6 is 23.1 Å². The van der Waals surface area contributed by atoms with E-state index < -0.39 is 0 Å². The Morgan fingerprint density at radius 1 is 1.21 bits per heavy atom. The summed E-state index contributed by atoms with van der Waals surface area (Å²) in [6.45, 7) is 2.45. The lowest BCUT2D eigenvalue weighted by Gasteiger charge is -2.22. The van der Waals surface area contributed by atoms with Crippen molar-refractivity contribution in [2.75, 3.05) is 17.7 Å². The van der Waals surface area contributed by atoms with Crippen molar-refractivity contribution in [2.24, 2.45) is 0 Å². The van der Waals surface area contributed by atoms with Crippen LogP contribution in [0.1, 0.15) is 42.4 Å². The Hall–Kier alpha value is -3.05. The van der Waals surface area contributed by atoms with Crippen LogP contribution in [-0.2, 0) is 40.1 Å². The van der Waals surface area contributed by atoms with Gasteiger partial charge in [0.25, 0.3) is 0 Å². The van der Waals surface area contributed by atoms with Crippen molar-refractivity contribution in [1.29, 1.82) is 0 Å². The minimum Gasteiger partial charge on any atom is -0.466 e. The van der Waals surface area contributed by atoms with Gasteiger partial charge in [-0.25, -0.2) is 9.78 Å². The van der Waals surface area contributed by atoms with Crippen LogP contribution in [0.25, 0.3) is 0 Å². The van der Waals surface area contributed by atoms with Crippen LogP contribution in [0.5, 0.6) is 0 Å². The highest BCUT2D eigenvalue weighted by molar-refractivity contribution is 8.00. The molecular formula is C23H25N5O4S2. The fraction of sp³-hybridized carbons (Fsp3) is 0.391. The first kappa shape index (κ1) is 24.1. The Bertz CT molecular complexity index is 1230. The molecule has 1 amide bonds. The fourth-order valence-corrected chi connectivity index (χ4v) is 5.38. The summed E-state index contributed by atoms with van der Waals surface area (Å²) in [7, 11) is 0. The molecule has 0 radical (unpaired) electrons. The highest BCUT2D eigenvalue weighted by Gasteiger charge is 2.21. The van der Waals surface area contributed by atoms with Crippen LogP contribution in [0.3, 0.4) is 0 Å². The molecule has 0 spiro atoms. The molecule has 1 N–H and O–H groups in total. The number of rotatable bonds is 9. The lowest BCUT2D eigenvalue weighted by molar-refractivity contribution is -0.142. The molecule has 0 aliphatic heterocycles. The van der Waals surface area contributed by atoms with Crippen molar-refractivity contribution < 1.29 is 14.3 Å². The molecule has 178 valence electrons. The molecule has 0 bridgehead atoms. The standard InChI is InChI=1S/C23H25N5O4S2/c1-2-32-20(30)11-16-13-34-22(25-16)26-19(29)14-33-21-17-8-3-4-9-18(17)28(23(31)27-21)12-15-7-5-6-10-24-15/h5-7,10,13H,2-4,8-9,11-12,14H2,1H3,(H,25,26,29). The maximum Gasteiger partial charge on any atom is 0.349 e. The minimum atomic E-state index is -0.352. The second kappa shape index (κ2) is 11.4. The molecule has 0 saturated carbocycles. The first-order valence-electron chi connectivity index (χ1n) is 11.1. The van der Waals surface area contributed by atoms with E-state index in [1.54, 1.807) is 23.1 Å². The van der Waals surface area contributed by atoms with Crippen LogP contribution in [0.15, 0.2) is 39.6 Å². The Morgan fingerprint density at radius 2 is 2.06 bits per heavy atom. The highest BCUT2D eigenvalue weighted by Crippen LogP contribution is 2.29. The number of hydrogen-bond acceptors (Lipinski definition) is 9. The molecule has 3 aromatic heterocycles. The van der Waals surface area contributed by atoms with Crippen LogP contribution in [-0.4, -0.2) is 43.8 Å². The molecular weight excluding hydrogens is 474 g/mol. The van der Waals surface area contributed by atoms with Crippen molar-refractivity contribution in [2.45, 2.75) is 50.6 Å². The molecule has 9 nitrogen and oxygen atoms in total. The van der Waals surface area contributed by atoms with Gasteiger partial charge in [-0.05, 0) is 44.7 Å². The number of anilines is 1. The van der Waals surface area contributed by atoms with E-state index in [1.165, 1.54) is 23.1 Å². The lowest BCUT2D eigenvalue weighted by Crippen LogP contribution is -2.31. The van der Waals surface area contributed by atoms with Crippen molar-refractivity contribution in [1.82, 2.24) is 19.5 Å². The van der Waals surface area contributed by atoms with Gasteiger partial charge in [0.05, 0.1) is 36.7 Å². The number of pyridine rings is 1. The summed E-state index contributed by atoms with van der Waals surface area (Å²) in [5, 5.41) is 5.52. The van der Waals surface area contributed by atoms with Crippen LogP contribution < -0.4 is 11.0 Å². The quantitative estimate of drug-likeness (QED) is 0.271. The van der Waals surface area contributed by atoms with Gasteiger partial charge in [0, 0.05) is 22.8 Å². The van der Waals surface area contributed by atoms with Crippen molar-refractivity contribution in [3.05, 3.63) is 62.9 Å². The number of hydrogen-bond donors (Lipinski definition) is 1. The van der Waals surface area contributed by atoms with E-state index in [4.69, 9.17) is 4.74 Å². The monoisotopic (exact) mass is 499 g/mol. The molecule has 0 unspecified atom stereocenters. The van der Waals surface area contributed by atoms with Gasteiger partial charge in [0.15, 0.2) is 5.13 Å².